The normalized spacial score (nSPS) is 22.7. The molecule has 3 N–H and O–H groups in total. The minimum Gasteiger partial charge on any atom is -0.484 e. The quantitative estimate of drug-likeness (QED) is 0.852. The largest absolute Gasteiger partial charge is 0.484 e. The first-order valence-corrected chi connectivity index (χ1v) is 5.94. The summed E-state index contributed by atoms with van der Waals surface area (Å²) in [6.07, 6.45) is 1.71. The Hall–Kier alpha value is -1.26. The highest BCUT2D eigenvalue weighted by Crippen LogP contribution is 2.17. The molecule has 1 fully saturated rings. The fraction of sp³-hybridized carbons (Fsp3) is 0.417. The van der Waals surface area contributed by atoms with E-state index in [2.05, 4.69) is 5.32 Å². The van der Waals surface area contributed by atoms with Gasteiger partial charge in [0.05, 0.1) is 0 Å². The number of nitrogens with one attached hydrogen (secondary N) is 1. The van der Waals surface area contributed by atoms with E-state index in [9.17, 15) is 4.79 Å². The fourth-order valence-corrected chi connectivity index (χ4v) is 1.85. The Morgan fingerprint density at radius 2 is 2.06 bits per heavy atom. The van der Waals surface area contributed by atoms with Crippen LogP contribution in [0.3, 0.4) is 0 Å². The predicted octanol–water partition coefficient (Wildman–Crippen LogP) is 1.32. The van der Waals surface area contributed by atoms with Crippen LogP contribution in [-0.4, -0.2) is 24.6 Å². The molecule has 0 atom stereocenters. The third-order valence-electron chi connectivity index (χ3n) is 2.72. The number of halogens is 1. The molecule has 0 bridgehead atoms. The molecule has 17 heavy (non-hydrogen) atoms. The zero-order valence-corrected chi connectivity index (χ0v) is 10.1. The maximum Gasteiger partial charge on any atom is 0.258 e. The number of carbonyl (C=O) groups is 1. The van der Waals surface area contributed by atoms with Crippen molar-refractivity contribution in [2.45, 2.75) is 24.9 Å². The molecular formula is C12H15ClN2O2. The Morgan fingerprint density at radius 1 is 1.41 bits per heavy atom. The molecule has 0 aromatic heterocycles. The van der Waals surface area contributed by atoms with E-state index in [4.69, 9.17) is 22.1 Å². The highest BCUT2D eigenvalue weighted by Gasteiger charge is 2.26. The molecule has 0 spiro atoms. The number of hydrogen-bond donors (Lipinski definition) is 2. The summed E-state index contributed by atoms with van der Waals surface area (Å²) in [5, 5.41) is 3.50. The van der Waals surface area contributed by atoms with Gasteiger partial charge < -0.3 is 15.8 Å². The highest BCUT2D eigenvalue weighted by molar-refractivity contribution is 6.30. The molecule has 1 amide bonds. The van der Waals surface area contributed by atoms with Gasteiger partial charge in [-0.2, -0.15) is 0 Å². The van der Waals surface area contributed by atoms with Gasteiger partial charge in [-0.3, -0.25) is 4.79 Å². The lowest BCUT2D eigenvalue weighted by atomic mass is 9.88. The minimum absolute atomic E-state index is 0.0212. The lowest BCUT2D eigenvalue weighted by Crippen LogP contribution is -2.51. The van der Waals surface area contributed by atoms with Gasteiger partial charge in [-0.15, -0.1) is 0 Å². The number of carbonyl (C=O) groups excluding carboxylic acids is 1. The van der Waals surface area contributed by atoms with Crippen LogP contribution in [0.2, 0.25) is 5.02 Å². The van der Waals surface area contributed by atoms with Gasteiger partial charge in [0, 0.05) is 17.1 Å². The van der Waals surface area contributed by atoms with Crippen LogP contribution >= 0.6 is 11.6 Å². The third-order valence-corrected chi connectivity index (χ3v) is 2.98. The zero-order chi connectivity index (χ0) is 12.3. The van der Waals surface area contributed by atoms with Crippen molar-refractivity contribution in [1.82, 2.24) is 5.32 Å². The molecule has 0 aliphatic heterocycles. The van der Waals surface area contributed by atoms with Crippen molar-refractivity contribution in [3.63, 3.8) is 0 Å². The van der Waals surface area contributed by atoms with Crippen LogP contribution in [0.25, 0.3) is 0 Å². The number of amides is 1. The first-order valence-electron chi connectivity index (χ1n) is 5.57. The second-order valence-electron chi connectivity index (χ2n) is 4.24. The Bertz CT molecular complexity index is 388. The maximum atomic E-state index is 11.5. The Morgan fingerprint density at radius 3 is 2.65 bits per heavy atom. The topological polar surface area (TPSA) is 64.3 Å². The van der Waals surface area contributed by atoms with E-state index in [1.54, 1.807) is 24.3 Å². The molecule has 0 heterocycles. The van der Waals surface area contributed by atoms with Crippen LogP contribution in [0.1, 0.15) is 12.8 Å². The van der Waals surface area contributed by atoms with Gasteiger partial charge in [0.2, 0.25) is 0 Å². The van der Waals surface area contributed by atoms with Crippen molar-refractivity contribution < 1.29 is 9.53 Å². The number of ether oxygens (including phenoxy) is 1. The van der Waals surface area contributed by atoms with Crippen molar-refractivity contribution in [2.24, 2.45) is 5.73 Å². The van der Waals surface area contributed by atoms with Gasteiger partial charge in [-0.05, 0) is 37.1 Å². The Balaban J connectivity index is 1.70. The van der Waals surface area contributed by atoms with Crippen molar-refractivity contribution in [2.75, 3.05) is 6.61 Å². The van der Waals surface area contributed by atoms with Crippen molar-refractivity contribution in [3.8, 4) is 5.75 Å². The van der Waals surface area contributed by atoms with Crippen LogP contribution in [0, 0.1) is 0 Å². The smallest absolute Gasteiger partial charge is 0.258 e. The monoisotopic (exact) mass is 254 g/mol. The van der Waals surface area contributed by atoms with Crippen LogP contribution < -0.4 is 15.8 Å². The molecule has 1 saturated carbocycles. The molecule has 1 aromatic rings. The second kappa shape index (κ2) is 5.38. The number of nitrogens with two attached hydrogens (primary N) is 1. The van der Waals surface area contributed by atoms with Gasteiger partial charge >= 0.3 is 0 Å². The first kappa shape index (κ1) is 12.2. The van der Waals surface area contributed by atoms with E-state index in [1.807, 2.05) is 0 Å². The van der Waals surface area contributed by atoms with Gasteiger partial charge in [0.1, 0.15) is 5.75 Å². The van der Waals surface area contributed by atoms with Gasteiger partial charge in [-0.1, -0.05) is 11.6 Å². The summed E-state index contributed by atoms with van der Waals surface area (Å²) in [6.45, 7) is 0.0212. The second-order valence-corrected chi connectivity index (χ2v) is 4.67. The molecule has 1 aliphatic carbocycles. The SMILES string of the molecule is N[C@H]1C[C@@H](NC(=O)COc2ccc(Cl)cc2)C1. The van der Waals surface area contributed by atoms with Gasteiger partial charge in [0.25, 0.3) is 5.91 Å². The zero-order valence-electron chi connectivity index (χ0n) is 9.36. The summed E-state index contributed by atoms with van der Waals surface area (Å²) in [4.78, 5) is 11.5. The Kier molecular flexibility index (Phi) is 3.86. The lowest BCUT2D eigenvalue weighted by Gasteiger charge is -2.32. The molecule has 92 valence electrons. The van der Waals surface area contributed by atoms with E-state index in [0.29, 0.717) is 10.8 Å². The molecule has 0 saturated heterocycles. The van der Waals surface area contributed by atoms with Crippen molar-refractivity contribution in [1.29, 1.82) is 0 Å². The van der Waals surface area contributed by atoms with Crippen molar-refractivity contribution in [3.05, 3.63) is 29.3 Å². The summed E-state index contributed by atoms with van der Waals surface area (Å²) < 4.78 is 5.32. The molecular weight excluding hydrogens is 240 g/mol. The predicted molar refractivity (Wildman–Crippen MR) is 66.1 cm³/mol. The molecule has 0 radical (unpaired) electrons. The summed E-state index contributed by atoms with van der Waals surface area (Å²) in [5.41, 5.74) is 5.63. The Labute approximate surface area is 105 Å². The fourth-order valence-electron chi connectivity index (χ4n) is 1.73. The number of benzene rings is 1. The van der Waals surface area contributed by atoms with Crippen LogP contribution in [0.4, 0.5) is 0 Å². The molecule has 2 rings (SSSR count). The summed E-state index contributed by atoms with van der Waals surface area (Å²) in [6, 6.07) is 7.35. The van der Waals surface area contributed by atoms with Gasteiger partial charge in [-0.25, -0.2) is 0 Å². The molecule has 1 aromatic carbocycles. The first-order chi connectivity index (χ1) is 8.13. The standard InChI is InChI=1S/C12H15ClN2O2/c13-8-1-3-11(4-2-8)17-7-12(16)15-10-5-9(14)6-10/h1-4,9-10H,5-7,14H2,(H,15,16)/t9-,10+. The van der Waals surface area contributed by atoms with E-state index in [-0.39, 0.29) is 24.6 Å². The summed E-state index contributed by atoms with van der Waals surface area (Å²) in [7, 11) is 0. The number of rotatable bonds is 4. The third kappa shape index (κ3) is 3.61. The van der Waals surface area contributed by atoms with Crippen molar-refractivity contribution >= 4 is 17.5 Å². The highest BCUT2D eigenvalue weighted by atomic mass is 35.5. The number of hydrogen-bond acceptors (Lipinski definition) is 3. The van der Waals surface area contributed by atoms with E-state index in [0.717, 1.165) is 12.8 Å². The average Bonchev–Trinajstić information content (AvgIpc) is 2.26. The van der Waals surface area contributed by atoms with E-state index < -0.39 is 0 Å². The van der Waals surface area contributed by atoms with Crippen LogP contribution in [-0.2, 0) is 4.79 Å². The van der Waals surface area contributed by atoms with Crippen LogP contribution in [0.5, 0.6) is 5.75 Å². The maximum absolute atomic E-state index is 11.5. The van der Waals surface area contributed by atoms with E-state index >= 15 is 0 Å². The molecule has 5 heteroatoms. The lowest BCUT2D eigenvalue weighted by molar-refractivity contribution is -0.124. The summed E-state index contributed by atoms with van der Waals surface area (Å²) in [5.74, 6) is 0.520. The van der Waals surface area contributed by atoms with Gasteiger partial charge in [0.15, 0.2) is 6.61 Å². The summed E-state index contributed by atoms with van der Waals surface area (Å²) >= 11 is 5.74. The molecule has 1 aliphatic rings. The molecule has 0 unspecified atom stereocenters. The van der Waals surface area contributed by atoms with Crippen LogP contribution in [0.15, 0.2) is 24.3 Å². The molecule has 4 nitrogen and oxygen atoms in total. The van der Waals surface area contributed by atoms with E-state index in [1.165, 1.54) is 0 Å². The average molecular weight is 255 g/mol. The minimum atomic E-state index is -0.114.